The summed E-state index contributed by atoms with van der Waals surface area (Å²) in [6.45, 7) is 0.862. The molecule has 1 atom stereocenters. The Bertz CT molecular complexity index is 736. The predicted octanol–water partition coefficient (Wildman–Crippen LogP) is 4.84. The fraction of sp³-hybridized carbons (Fsp3) is 0.267. The number of nitro groups is 1. The fourth-order valence-corrected chi connectivity index (χ4v) is 4.06. The van der Waals surface area contributed by atoms with Gasteiger partial charge in [-0.25, -0.2) is 0 Å². The number of nitrogens with one attached hydrogen (secondary N) is 1. The van der Waals surface area contributed by atoms with E-state index in [9.17, 15) is 10.1 Å². The highest BCUT2D eigenvalue weighted by Gasteiger charge is 2.29. The van der Waals surface area contributed by atoms with Crippen molar-refractivity contribution in [1.29, 1.82) is 0 Å². The monoisotopic (exact) mass is 367 g/mol. The van der Waals surface area contributed by atoms with Gasteiger partial charge in [0.2, 0.25) is 0 Å². The SMILES string of the molecule is O=[N+]([O-])c1ccc(Cl)c(NC(=S)N2CCC[C@H]2c2cccs2)c1. The van der Waals surface area contributed by atoms with E-state index in [1.807, 2.05) is 6.07 Å². The van der Waals surface area contributed by atoms with Gasteiger partial charge < -0.3 is 10.2 Å². The smallest absolute Gasteiger partial charge is 0.271 e. The van der Waals surface area contributed by atoms with Gasteiger partial charge in [-0.2, -0.15) is 0 Å². The number of benzene rings is 1. The molecule has 1 aliphatic rings. The van der Waals surface area contributed by atoms with Crippen molar-refractivity contribution in [2.45, 2.75) is 18.9 Å². The maximum Gasteiger partial charge on any atom is 0.271 e. The van der Waals surface area contributed by atoms with E-state index in [0.717, 1.165) is 19.4 Å². The number of nitro benzene ring substituents is 1. The van der Waals surface area contributed by atoms with Crippen molar-refractivity contribution in [3.05, 3.63) is 55.7 Å². The van der Waals surface area contributed by atoms with E-state index in [0.29, 0.717) is 15.8 Å². The molecule has 1 aromatic heterocycles. The first-order valence-corrected chi connectivity index (χ1v) is 8.78. The zero-order valence-corrected chi connectivity index (χ0v) is 14.5. The van der Waals surface area contributed by atoms with E-state index in [4.69, 9.17) is 23.8 Å². The summed E-state index contributed by atoms with van der Waals surface area (Å²) in [6.07, 6.45) is 2.11. The zero-order valence-electron chi connectivity index (χ0n) is 12.1. The van der Waals surface area contributed by atoms with Crippen LogP contribution < -0.4 is 5.32 Å². The molecule has 120 valence electrons. The molecule has 8 heteroatoms. The number of hydrogen-bond acceptors (Lipinski definition) is 4. The number of thiophene rings is 1. The topological polar surface area (TPSA) is 58.4 Å². The summed E-state index contributed by atoms with van der Waals surface area (Å²) < 4.78 is 0. The fourth-order valence-electron chi connectivity index (χ4n) is 2.70. The Morgan fingerprint density at radius 1 is 1.48 bits per heavy atom. The van der Waals surface area contributed by atoms with Crippen molar-refractivity contribution in [3.8, 4) is 0 Å². The minimum Gasteiger partial charge on any atom is -0.341 e. The summed E-state index contributed by atoms with van der Waals surface area (Å²) in [5.41, 5.74) is 0.443. The molecule has 5 nitrogen and oxygen atoms in total. The van der Waals surface area contributed by atoms with Crippen molar-refractivity contribution in [3.63, 3.8) is 0 Å². The number of rotatable bonds is 3. The van der Waals surface area contributed by atoms with Gasteiger partial charge in [0.1, 0.15) is 0 Å². The maximum absolute atomic E-state index is 10.9. The summed E-state index contributed by atoms with van der Waals surface area (Å²) in [5, 5.41) is 17.0. The van der Waals surface area contributed by atoms with E-state index >= 15 is 0 Å². The molecule has 2 aromatic rings. The van der Waals surface area contributed by atoms with Gasteiger partial charge in [-0.3, -0.25) is 10.1 Å². The highest BCUT2D eigenvalue weighted by Crippen LogP contribution is 2.35. The lowest BCUT2D eigenvalue weighted by Crippen LogP contribution is -2.34. The Balaban J connectivity index is 1.79. The third kappa shape index (κ3) is 3.46. The van der Waals surface area contributed by atoms with Gasteiger partial charge in [-0.05, 0) is 42.6 Å². The van der Waals surface area contributed by atoms with Crippen molar-refractivity contribution >= 4 is 51.6 Å². The van der Waals surface area contributed by atoms with Crippen LogP contribution in [-0.2, 0) is 0 Å². The van der Waals surface area contributed by atoms with Gasteiger partial charge in [0.15, 0.2) is 5.11 Å². The highest BCUT2D eigenvalue weighted by atomic mass is 35.5. The van der Waals surface area contributed by atoms with Gasteiger partial charge in [0.25, 0.3) is 5.69 Å². The Kier molecular flexibility index (Phi) is 4.79. The first-order valence-electron chi connectivity index (χ1n) is 7.11. The second-order valence-electron chi connectivity index (χ2n) is 5.22. The molecule has 2 heterocycles. The summed E-state index contributed by atoms with van der Waals surface area (Å²) >= 11 is 13.3. The Morgan fingerprint density at radius 2 is 2.30 bits per heavy atom. The van der Waals surface area contributed by atoms with Crippen LogP contribution in [0.2, 0.25) is 5.02 Å². The number of anilines is 1. The summed E-state index contributed by atoms with van der Waals surface area (Å²) in [4.78, 5) is 13.9. The minimum atomic E-state index is -0.450. The van der Waals surface area contributed by atoms with Crippen LogP contribution in [0, 0.1) is 10.1 Å². The van der Waals surface area contributed by atoms with Crippen molar-refractivity contribution < 1.29 is 4.92 Å². The van der Waals surface area contributed by atoms with E-state index in [2.05, 4.69) is 21.7 Å². The number of hydrogen-bond donors (Lipinski definition) is 1. The maximum atomic E-state index is 10.9. The van der Waals surface area contributed by atoms with E-state index in [1.54, 1.807) is 11.3 Å². The second-order valence-corrected chi connectivity index (χ2v) is 6.99. The van der Waals surface area contributed by atoms with Crippen LogP contribution in [0.25, 0.3) is 0 Å². The highest BCUT2D eigenvalue weighted by molar-refractivity contribution is 7.80. The van der Waals surface area contributed by atoms with E-state index in [-0.39, 0.29) is 11.7 Å². The quantitative estimate of drug-likeness (QED) is 0.477. The Hall–Kier alpha value is -1.70. The molecule has 1 aromatic carbocycles. The molecule has 0 bridgehead atoms. The van der Waals surface area contributed by atoms with Gasteiger partial charge in [0.05, 0.1) is 21.7 Å². The molecule has 0 spiro atoms. The van der Waals surface area contributed by atoms with Gasteiger partial charge in [-0.15, -0.1) is 11.3 Å². The van der Waals surface area contributed by atoms with Crippen LogP contribution in [0.4, 0.5) is 11.4 Å². The van der Waals surface area contributed by atoms with Crippen molar-refractivity contribution in [2.24, 2.45) is 0 Å². The summed E-state index contributed by atoms with van der Waals surface area (Å²) in [7, 11) is 0. The molecule has 0 aliphatic carbocycles. The van der Waals surface area contributed by atoms with Crippen LogP contribution in [-0.4, -0.2) is 21.5 Å². The molecular formula is C15H14ClN3O2S2. The van der Waals surface area contributed by atoms with Gasteiger partial charge >= 0.3 is 0 Å². The zero-order chi connectivity index (χ0) is 16.4. The van der Waals surface area contributed by atoms with E-state index < -0.39 is 4.92 Å². The summed E-state index contributed by atoms with van der Waals surface area (Å²) in [6, 6.07) is 8.69. The largest absolute Gasteiger partial charge is 0.341 e. The molecule has 23 heavy (non-hydrogen) atoms. The number of likely N-dealkylation sites (tertiary alicyclic amines) is 1. The average molecular weight is 368 g/mol. The molecule has 0 saturated carbocycles. The van der Waals surface area contributed by atoms with Crippen LogP contribution in [0.1, 0.15) is 23.8 Å². The first kappa shape index (κ1) is 16.2. The number of non-ortho nitro benzene ring substituents is 1. The third-order valence-corrected chi connectivity index (χ3v) is 5.43. The Morgan fingerprint density at radius 3 is 3.00 bits per heavy atom. The van der Waals surface area contributed by atoms with Crippen molar-refractivity contribution in [1.82, 2.24) is 4.90 Å². The Labute approximate surface area is 148 Å². The number of halogens is 1. The molecule has 3 rings (SSSR count). The molecule has 1 N–H and O–H groups in total. The predicted molar refractivity (Wildman–Crippen MR) is 97.3 cm³/mol. The summed E-state index contributed by atoms with van der Waals surface area (Å²) in [5.74, 6) is 0. The van der Waals surface area contributed by atoms with Crippen LogP contribution in [0.3, 0.4) is 0 Å². The van der Waals surface area contributed by atoms with Crippen LogP contribution in [0.15, 0.2) is 35.7 Å². The number of thiocarbonyl (C=S) groups is 1. The molecule has 1 fully saturated rings. The molecule has 0 unspecified atom stereocenters. The normalized spacial score (nSPS) is 17.3. The van der Waals surface area contributed by atoms with Gasteiger partial charge in [0, 0.05) is 23.6 Å². The van der Waals surface area contributed by atoms with E-state index in [1.165, 1.54) is 23.1 Å². The molecule has 1 aliphatic heterocycles. The standard InChI is InChI=1S/C15H14ClN3O2S2/c16-11-6-5-10(19(20)21)9-12(11)17-15(22)18-7-1-3-13(18)14-4-2-8-23-14/h2,4-6,8-9,13H,1,3,7H2,(H,17,22)/t13-/m0/s1. The number of nitrogens with zero attached hydrogens (tertiary/aromatic N) is 2. The van der Waals surface area contributed by atoms with Gasteiger partial charge in [-0.1, -0.05) is 17.7 Å². The third-order valence-electron chi connectivity index (χ3n) is 3.79. The molecule has 0 radical (unpaired) electrons. The first-order chi connectivity index (χ1) is 11.1. The lowest BCUT2D eigenvalue weighted by atomic mass is 10.2. The molecule has 0 amide bonds. The molecular weight excluding hydrogens is 354 g/mol. The average Bonchev–Trinajstić information content (AvgIpc) is 3.19. The molecule has 1 saturated heterocycles. The van der Waals surface area contributed by atoms with Crippen molar-refractivity contribution in [2.75, 3.05) is 11.9 Å². The second kappa shape index (κ2) is 6.82. The lowest BCUT2D eigenvalue weighted by Gasteiger charge is -2.27. The minimum absolute atomic E-state index is 0.0177. The van der Waals surface area contributed by atoms with Crippen LogP contribution in [0.5, 0.6) is 0 Å². The lowest BCUT2D eigenvalue weighted by molar-refractivity contribution is -0.384. The van der Waals surface area contributed by atoms with Crippen LogP contribution >= 0.6 is 35.2 Å².